The molecule has 140 valence electrons. The van der Waals surface area contributed by atoms with E-state index in [1.165, 1.54) is 25.7 Å². The van der Waals surface area contributed by atoms with Gasteiger partial charge in [0.25, 0.3) is 0 Å². The highest BCUT2D eigenvalue weighted by molar-refractivity contribution is 5.78. The Bertz CT molecular complexity index is 506. The fraction of sp³-hybridized carbons (Fsp3) is 0.900. The van der Waals surface area contributed by atoms with Crippen molar-refractivity contribution in [1.29, 1.82) is 5.26 Å². The van der Waals surface area contributed by atoms with Gasteiger partial charge in [-0.25, -0.2) is 0 Å². The first kappa shape index (κ1) is 18.7. The Hall–Kier alpha value is -1.12. The van der Waals surface area contributed by atoms with Gasteiger partial charge >= 0.3 is 0 Å². The minimum Gasteiger partial charge on any atom is -0.352 e. The lowest BCUT2D eigenvalue weighted by atomic mass is 9.84. The summed E-state index contributed by atoms with van der Waals surface area (Å²) in [6, 6.07) is 2.73. The van der Waals surface area contributed by atoms with Crippen molar-refractivity contribution in [3.05, 3.63) is 0 Å². The molecule has 2 aliphatic carbocycles. The highest BCUT2D eigenvalue weighted by Crippen LogP contribution is 2.49. The van der Waals surface area contributed by atoms with Crippen LogP contribution in [0.15, 0.2) is 0 Å². The minimum atomic E-state index is -0.00575. The van der Waals surface area contributed by atoms with Crippen LogP contribution in [0.4, 0.5) is 0 Å². The molecule has 0 spiro atoms. The van der Waals surface area contributed by atoms with E-state index in [1.807, 2.05) is 0 Å². The highest BCUT2D eigenvalue weighted by Gasteiger charge is 2.42. The Morgan fingerprint density at radius 3 is 2.40 bits per heavy atom. The fourth-order valence-corrected chi connectivity index (χ4v) is 5.37. The third-order valence-corrected chi connectivity index (χ3v) is 6.75. The largest absolute Gasteiger partial charge is 0.352 e. The van der Waals surface area contributed by atoms with E-state index in [9.17, 15) is 10.1 Å². The Balaban J connectivity index is 1.40. The molecule has 1 heterocycles. The van der Waals surface area contributed by atoms with Crippen LogP contribution in [0.2, 0.25) is 0 Å². The quantitative estimate of drug-likeness (QED) is 0.800. The van der Waals surface area contributed by atoms with Crippen molar-refractivity contribution in [2.24, 2.45) is 23.7 Å². The van der Waals surface area contributed by atoms with Crippen LogP contribution < -0.4 is 5.32 Å². The number of fused-ring (bicyclic) bond motifs is 2. The second-order valence-corrected chi connectivity index (χ2v) is 8.82. The van der Waals surface area contributed by atoms with Crippen LogP contribution in [-0.2, 0) is 4.79 Å². The van der Waals surface area contributed by atoms with E-state index in [2.05, 4.69) is 42.0 Å². The maximum Gasteiger partial charge on any atom is 0.234 e. The summed E-state index contributed by atoms with van der Waals surface area (Å²) in [5.41, 5.74) is 0. The van der Waals surface area contributed by atoms with E-state index in [4.69, 9.17) is 0 Å². The lowest BCUT2D eigenvalue weighted by Crippen LogP contribution is -2.54. The molecular weight excluding hydrogens is 312 g/mol. The lowest BCUT2D eigenvalue weighted by molar-refractivity contribution is -0.123. The third-order valence-electron chi connectivity index (χ3n) is 6.75. The molecule has 25 heavy (non-hydrogen) atoms. The van der Waals surface area contributed by atoms with Crippen molar-refractivity contribution in [2.75, 3.05) is 32.7 Å². The van der Waals surface area contributed by atoms with Gasteiger partial charge in [-0.2, -0.15) is 5.26 Å². The van der Waals surface area contributed by atoms with E-state index < -0.39 is 0 Å². The van der Waals surface area contributed by atoms with Gasteiger partial charge in [0.2, 0.25) is 5.91 Å². The summed E-state index contributed by atoms with van der Waals surface area (Å²) >= 11 is 0. The van der Waals surface area contributed by atoms with Gasteiger partial charge in [0, 0.05) is 32.2 Å². The normalized spacial score (nSPS) is 32.5. The minimum absolute atomic E-state index is 0.00575. The monoisotopic (exact) mass is 346 g/mol. The Labute approximate surface area is 152 Å². The predicted octanol–water partition coefficient (Wildman–Crippen LogP) is 2.09. The molecule has 0 radical (unpaired) electrons. The van der Waals surface area contributed by atoms with Crippen LogP contribution in [0.1, 0.15) is 46.5 Å². The number of piperazine rings is 1. The molecule has 0 aromatic carbocycles. The molecule has 3 fully saturated rings. The molecule has 3 aliphatic rings. The van der Waals surface area contributed by atoms with Crippen LogP contribution in [0.3, 0.4) is 0 Å². The zero-order chi connectivity index (χ0) is 18.0. The first-order valence-electron chi connectivity index (χ1n) is 10.1. The van der Waals surface area contributed by atoms with Crippen LogP contribution in [-0.4, -0.2) is 60.5 Å². The Morgan fingerprint density at radius 1 is 1.16 bits per heavy atom. The number of amides is 1. The number of nitrogens with one attached hydrogen (secondary N) is 1. The van der Waals surface area contributed by atoms with Crippen molar-refractivity contribution >= 4 is 5.91 Å². The van der Waals surface area contributed by atoms with Gasteiger partial charge in [-0.1, -0.05) is 20.3 Å². The molecule has 0 aromatic rings. The molecule has 3 rings (SSSR count). The third kappa shape index (κ3) is 4.35. The molecule has 0 aromatic heterocycles. The molecule has 5 nitrogen and oxygen atoms in total. The van der Waals surface area contributed by atoms with Gasteiger partial charge < -0.3 is 5.32 Å². The first-order chi connectivity index (χ1) is 12.0. The second kappa shape index (κ2) is 8.05. The Kier molecular flexibility index (Phi) is 6.01. The number of carbonyl (C=O) groups excluding carboxylic acids is 1. The predicted molar refractivity (Wildman–Crippen MR) is 98.8 cm³/mol. The molecule has 5 atom stereocenters. The number of nitriles is 1. The second-order valence-electron chi connectivity index (χ2n) is 8.82. The van der Waals surface area contributed by atoms with E-state index in [0.29, 0.717) is 24.4 Å². The zero-order valence-electron chi connectivity index (χ0n) is 16.1. The van der Waals surface area contributed by atoms with E-state index in [0.717, 1.165) is 38.0 Å². The first-order valence-corrected chi connectivity index (χ1v) is 10.1. The SMILES string of the molecule is CC(C)[C@H](C#N)N1CCN(CC(=O)N[C@@H](C)[C@@H]2C[C@H]3CC[C@H]2C3)CC1. The smallest absolute Gasteiger partial charge is 0.234 e. The number of rotatable bonds is 6. The molecular formula is C20H34N4O. The van der Waals surface area contributed by atoms with Gasteiger partial charge in [0.1, 0.15) is 6.04 Å². The highest BCUT2D eigenvalue weighted by atomic mass is 16.2. The standard InChI is InChI=1S/C20H34N4O/c1-14(2)19(12-21)24-8-6-23(7-9-24)13-20(25)22-15(3)18-11-16-4-5-17(18)10-16/h14-19H,4-11,13H2,1-3H3,(H,22,25)/t15-,16-,17-,18-,19-/m0/s1. The van der Waals surface area contributed by atoms with Crippen molar-refractivity contribution < 1.29 is 4.79 Å². The summed E-state index contributed by atoms with van der Waals surface area (Å²) < 4.78 is 0. The van der Waals surface area contributed by atoms with Crippen molar-refractivity contribution in [3.8, 4) is 6.07 Å². The molecule has 1 amide bonds. The van der Waals surface area contributed by atoms with Crippen LogP contribution in [0.25, 0.3) is 0 Å². The maximum absolute atomic E-state index is 12.4. The fourth-order valence-electron chi connectivity index (χ4n) is 5.37. The van der Waals surface area contributed by atoms with Gasteiger partial charge in [-0.05, 0) is 49.9 Å². The maximum atomic E-state index is 12.4. The molecule has 1 N–H and O–H groups in total. The topological polar surface area (TPSA) is 59.4 Å². The molecule has 2 saturated carbocycles. The van der Waals surface area contributed by atoms with Crippen LogP contribution in [0, 0.1) is 35.0 Å². The summed E-state index contributed by atoms with van der Waals surface area (Å²) in [7, 11) is 0. The number of hydrogen-bond acceptors (Lipinski definition) is 4. The summed E-state index contributed by atoms with van der Waals surface area (Å²) in [5.74, 6) is 2.99. The van der Waals surface area contributed by atoms with Gasteiger partial charge in [0.15, 0.2) is 0 Å². The average molecular weight is 347 g/mol. The van der Waals surface area contributed by atoms with Crippen LogP contribution >= 0.6 is 0 Å². The zero-order valence-corrected chi connectivity index (χ0v) is 16.1. The van der Waals surface area contributed by atoms with Crippen molar-refractivity contribution in [3.63, 3.8) is 0 Å². The van der Waals surface area contributed by atoms with E-state index >= 15 is 0 Å². The van der Waals surface area contributed by atoms with Gasteiger partial charge in [-0.15, -0.1) is 0 Å². The Morgan fingerprint density at radius 2 is 1.88 bits per heavy atom. The molecule has 1 aliphatic heterocycles. The lowest BCUT2D eigenvalue weighted by Gasteiger charge is -2.38. The van der Waals surface area contributed by atoms with E-state index in [-0.39, 0.29) is 11.9 Å². The molecule has 2 bridgehead atoms. The number of nitrogens with zero attached hydrogens (tertiary/aromatic N) is 3. The molecule has 0 unspecified atom stereocenters. The molecule has 5 heteroatoms. The molecule has 1 saturated heterocycles. The van der Waals surface area contributed by atoms with Crippen LogP contribution in [0.5, 0.6) is 0 Å². The summed E-state index contributed by atoms with van der Waals surface area (Å²) in [5, 5.41) is 12.6. The van der Waals surface area contributed by atoms with Gasteiger partial charge in [0.05, 0.1) is 12.6 Å². The van der Waals surface area contributed by atoms with Crippen molar-refractivity contribution in [1.82, 2.24) is 15.1 Å². The van der Waals surface area contributed by atoms with E-state index in [1.54, 1.807) is 0 Å². The van der Waals surface area contributed by atoms with Gasteiger partial charge in [-0.3, -0.25) is 14.6 Å². The van der Waals surface area contributed by atoms with Crippen molar-refractivity contribution in [2.45, 2.75) is 58.5 Å². The summed E-state index contributed by atoms with van der Waals surface area (Å²) in [6.07, 6.45) is 5.48. The number of carbonyl (C=O) groups is 1. The average Bonchev–Trinajstić information content (AvgIpc) is 3.20. The summed E-state index contributed by atoms with van der Waals surface area (Å²) in [4.78, 5) is 16.9. The number of hydrogen-bond donors (Lipinski definition) is 1. The summed E-state index contributed by atoms with van der Waals surface area (Å²) in [6.45, 7) is 10.4.